The van der Waals surface area contributed by atoms with Gasteiger partial charge in [0.05, 0.1) is 17.8 Å². The fraction of sp³-hybridized carbons (Fsp3) is 0.188. The molecule has 0 aliphatic heterocycles. The van der Waals surface area contributed by atoms with Crippen LogP contribution in [0.5, 0.6) is 5.75 Å². The van der Waals surface area contributed by atoms with Gasteiger partial charge in [-0.05, 0) is 37.6 Å². The Hall–Kier alpha value is -2.49. The van der Waals surface area contributed by atoms with Crippen LogP contribution >= 0.6 is 0 Å². The molecule has 0 spiro atoms. The monoisotopic (exact) mass is 267 g/mol. The molecular weight excluding hydrogens is 250 g/mol. The van der Waals surface area contributed by atoms with E-state index in [-0.39, 0.29) is 0 Å². The molecule has 3 aromatic rings. The second kappa shape index (κ2) is 4.89. The molecule has 0 amide bonds. The number of imidazole rings is 1. The number of aromatic nitrogens is 2. The fourth-order valence-corrected chi connectivity index (χ4v) is 2.43. The van der Waals surface area contributed by atoms with Crippen LogP contribution in [0.1, 0.15) is 12.5 Å². The van der Waals surface area contributed by atoms with Gasteiger partial charge in [-0.2, -0.15) is 0 Å². The molecule has 0 aliphatic carbocycles. The zero-order chi connectivity index (χ0) is 14.1. The standard InChI is InChI=1S/C16H17N3O/c1-3-20-14-10-6-9-13-15(14)18-16(17)19(13)12-8-5-4-7-11(12)2/h4-10H,3H2,1-2H3,(H2,17,18). The molecule has 2 N–H and O–H groups in total. The maximum Gasteiger partial charge on any atom is 0.206 e. The minimum atomic E-state index is 0.474. The Bertz CT molecular complexity index is 762. The second-order valence-corrected chi connectivity index (χ2v) is 4.65. The van der Waals surface area contributed by atoms with Crippen molar-refractivity contribution in [3.8, 4) is 11.4 Å². The highest BCUT2D eigenvalue weighted by Crippen LogP contribution is 2.30. The van der Waals surface area contributed by atoms with E-state index in [0.717, 1.165) is 28.0 Å². The number of benzene rings is 2. The third kappa shape index (κ3) is 1.90. The van der Waals surface area contributed by atoms with Gasteiger partial charge in [-0.15, -0.1) is 0 Å². The first-order valence-electron chi connectivity index (χ1n) is 6.68. The van der Waals surface area contributed by atoms with Crippen molar-refractivity contribution in [3.05, 3.63) is 48.0 Å². The lowest BCUT2D eigenvalue weighted by molar-refractivity contribution is 0.344. The van der Waals surface area contributed by atoms with E-state index in [1.54, 1.807) is 0 Å². The van der Waals surface area contributed by atoms with Crippen LogP contribution < -0.4 is 10.5 Å². The number of nitrogens with zero attached hydrogens (tertiary/aromatic N) is 2. The number of rotatable bonds is 3. The smallest absolute Gasteiger partial charge is 0.206 e. The van der Waals surface area contributed by atoms with Crippen molar-refractivity contribution in [1.82, 2.24) is 9.55 Å². The third-order valence-corrected chi connectivity index (χ3v) is 3.33. The van der Waals surface area contributed by atoms with E-state index in [9.17, 15) is 0 Å². The lowest BCUT2D eigenvalue weighted by atomic mass is 10.2. The van der Waals surface area contributed by atoms with Crippen LogP contribution in [0, 0.1) is 6.92 Å². The number of para-hydroxylation sites is 2. The van der Waals surface area contributed by atoms with Crippen LogP contribution in [0.4, 0.5) is 5.95 Å². The summed E-state index contributed by atoms with van der Waals surface area (Å²) in [5.74, 6) is 1.24. The van der Waals surface area contributed by atoms with Gasteiger partial charge in [0.1, 0.15) is 11.3 Å². The second-order valence-electron chi connectivity index (χ2n) is 4.65. The lowest BCUT2D eigenvalue weighted by Crippen LogP contribution is -2.02. The van der Waals surface area contributed by atoms with Gasteiger partial charge < -0.3 is 10.5 Å². The van der Waals surface area contributed by atoms with E-state index < -0.39 is 0 Å². The van der Waals surface area contributed by atoms with Crippen LogP contribution in [0.15, 0.2) is 42.5 Å². The van der Waals surface area contributed by atoms with Crippen molar-refractivity contribution >= 4 is 17.0 Å². The number of ether oxygens (including phenoxy) is 1. The average molecular weight is 267 g/mol. The Morgan fingerprint density at radius 2 is 1.95 bits per heavy atom. The molecule has 3 rings (SSSR count). The summed E-state index contributed by atoms with van der Waals surface area (Å²) in [5.41, 5.74) is 10.1. The van der Waals surface area contributed by atoms with Crippen LogP contribution in [0.2, 0.25) is 0 Å². The Morgan fingerprint density at radius 1 is 1.15 bits per heavy atom. The molecule has 4 nitrogen and oxygen atoms in total. The SMILES string of the molecule is CCOc1cccc2c1nc(N)n2-c1ccccc1C. The summed E-state index contributed by atoms with van der Waals surface area (Å²) in [7, 11) is 0. The Kier molecular flexibility index (Phi) is 3.06. The normalized spacial score (nSPS) is 10.9. The van der Waals surface area contributed by atoms with E-state index >= 15 is 0 Å². The highest BCUT2D eigenvalue weighted by atomic mass is 16.5. The first-order chi connectivity index (χ1) is 9.72. The number of fused-ring (bicyclic) bond motifs is 1. The molecule has 4 heteroatoms. The molecule has 1 aromatic heterocycles. The average Bonchev–Trinajstić information content (AvgIpc) is 2.77. The van der Waals surface area contributed by atoms with Crippen molar-refractivity contribution in [2.75, 3.05) is 12.3 Å². The van der Waals surface area contributed by atoms with Crippen molar-refractivity contribution in [2.24, 2.45) is 0 Å². The molecule has 2 aromatic carbocycles. The van der Waals surface area contributed by atoms with Gasteiger partial charge in [0.2, 0.25) is 5.95 Å². The lowest BCUT2D eigenvalue weighted by Gasteiger charge is -2.10. The van der Waals surface area contributed by atoms with E-state index in [4.69, 9.17) is 10.5 Å². The molecule has 0 aliphatic rings. The van der Waals surface area contributed by atoms with Crippen molar-refractivity contribution in [2.45, 2.75) is 13.8 Å². The molecule has 0 unspecified atom stereocenters. The maximum atomic E-state index is 6.12. The Balaban J connectivity index is 2.30. The van der Waals surface area contributed by atoms with Crippen LogP contribution in [-0.4, -0.2) is 16.2 Å². The molecule has 20 heavy (non-hydrogen) atoms. The minimum absolute atomic E-state index is 0.474. The summed E-state index contributed by atoms with van der Waals surface area (Å²) in [5, 5.41) is 0. The fourth-order valence-electron chi connectivity index (χ4n) is 2.43. The van der Waals surface area contributed by atoms with Gasteiger partial charge in [-0.25, -0.2) is 4.98 Å². The number of hydrogen-bond acceptors (Lipinski definition) is 3. The molecule has 0 saturated heterocycles. The van der Waals surface area contributed by atoms with Crippen LogP contribution in [-0.2, 0) is 0 Å². The molecule has 0 radical (unpaired) electrons. The van der Waals surface area contributed by atoms with Gasteiger partial charge >= 0.3 is 0 Å². The molecule has 0 bridgehead atoms. The van der Waals surface area contributed by atoms with Crippen molar-refractivity contribution in [1.29, 1.82) is 0 Å². The summed E-state index contributed by atoms with van der Waals surface area (Å²) in [6.07, 6.45) is 0. The van der Waals surface area contributed by atoms with E-state index in [2.05, 4.69) is 18.0 Å². The highest BCUT2D eigenvalue weighted by molar-refractivity contribution is 5.86. The molecular formula is C16H17N3O. The number of aryl methyl sites for hydroxylation is 1. The maximum absolute atomic E-state index is 6.12. The molecule has 0 fully saturated rings. The zero-order valence-corrected chi connectivity index (χ0v) is 11.6. The Labute approximate surface area is 117 Å². The van der Waals surface area contributed by atoms with Gasteiger partial charge in [-0.3, -0.25) is 4.57 Å². The zero-order valence-electron chi connectivity index (χ0n) is 11.6. The number of hydrogen-bond donors (Lipinski definition) is 1. The predicted molar refractivity (Wildman–Crippen MR) is 81.4 cm³/mol. The first-order valence-corrected chi connectivity index (χ1v) is 6.68. The Morgan fingerprint density at radius 3 is 2.70 bits per heavy atom. The van der Waals surface area contributed by atoms with E-state index in [1.165, 1.54) is 0 Å². The molecule has 1 heterocycles. The van der Waals surface area contributed by atoms with Gasteiger partial charge in [0.15, 0.2) is 0 Å². The third-order valence-electron chi connectivity index (χ3n) is 3.33. The van der Waals surface area contributed by atoms with Crippen LogP contribution in [0.3, 0.4) is 0 Å². The van der Waals surface area contributed by atoms with E-state index in [0.29, 0.717) is 12.6 Å². The summed E-state index contributed by atoms with van der Waals surface area (Å²) in [6.45, 7) is 4.63. The minimum Gasteiger partial charge on any atom is -0.492 e. The summed E-state index contributed by atoms with van der Waals surface area (Å²) in [6, 6.07) is 14.0. The summed E-state index contributed by atoms with van der Waals surface area (Å²) < 4.78 is 7.59. The number of nitrogen functional groups attached to an aromatic ring is 1. The quantitative estimate of drug-likeness (QED) is 0.792. The van der Waals surface area contributed by atoms with Gasteiger partial charge in [0, 0.05) is 0 Å². The summed E-state index contributed by atoms with van der Waals surface area (Å²) >= 11 is 0. The van der Waals surface area contributed by atoms with Crippen LogP contribution in [0.25, 0.3) is 16.7 Å². The predicted octanol–water partition coefficient (Wildman–Crippen LogP) is 3.31. The number of anilines is 1. The number of nitrogens with two attached hydrogens (primary N) is 1. The van der Waals surface area contributed by atoms with Crippen molar-refractivity contribution < 1.29 is 4.74 Å². The largest absolute Gasteiger partial charge is 0.492 e. The molecule has 102 valence electrons. The van der Waals surface area contributed by atoms with Crippen molar-refractivity contribution in [3.63, 3.8) is 0 Å². The highest BCUT2D eigenvalue weighted by Gasteiger charge is 2.14. The van der Waals surface area contributed by atoms with E-state index in [1.807, 2.05) is 47.9 Å². The molecule has 0 atom stereocenters. The molecule has 0 saturated carbocycles. The summed E-state index contributed by atoms with van der Waals surface area (Å²) in [4.78, 5) is 4.46. The topological polar surface area (TPSA) is 53.1 Å². The van der Waals surface area contributed by atoms with Gasteiger partial charge in [-0.1, -0.05) is 24.3 Å². The first kappa shape index (κ1) is 12.5. The van der Waals surface area contributed by atoms with Gasteiger partial charge in [0.25, 0.3) is 0 Å².